The quantitative estimate of drug-likeness (QED) is 0.917. The minimum absolute atomic E-state index is 0.506. The van der Waals surface area contributed by atoms with Crippen LogP contribution in [0.15, 0.2) is 30.5 Å². The molecule has 0 bridgehead atoms. The molecule has 1 aliphatic heterocycles. The topological polar surface area (TPSA) is 55.0 Å². The van der Waals surface area contributed by atoms with Gasteiger partial charge in [0.1, 0.15) is 5.82 Å². The molecule has 21 heavy (non-hydrogen) atoms. The van der Waals surface area contributed by atoms with E-state index in [9.17, 15) is 0 Å². The molecule has 2 N–H and O–H groups in total. The van der Waals surface area contributed by atoms with Gasteiger partial charge in [0.25, 0.3) is 0 Å². The number of nitrogen functional groups attached to an aromatic ring is 1. The molecule has 0 aliphatic carbocycles. The fraction of sp³-hybridized carbons (Fsp3) is 0.375. The zero-order valence-corrected chi connectivity index (χ0v) is 12.7. The summed E-state index contributed by atoms with van der Waals surface area (Å²) in [4.78, 5) is 11.2. The van der Waals surface area contributed by atoms with Crippen molar-refractivity contribution in [1.82, 2.24) is 9.97 Å². The zero-order chi connectivity index (χ0) is 14.7. The van der Waals surface area contributed by atoms with E-state index < -0.39 is 0 Å². The Hall–Kier alpha value is -1.81. The fourth-order valence-electron chi connectivity index (χ4n) is 2.69. The number of aromatic nitrogens is 2. The highest BCUT2D eigenvalue weighted by Crippen LogP contribution is 2.27. The average Bonchev–Trinajstić information content (AvgIpc) is 2.76. The second-order valence-corrected chi connectivity index (χ2v) is 5.82. The summed E-state index contributed by atoms with van der Waals surface area (Å²) in [5.74, 6) is 1.24. The third kappa shape index (κ3) is 3.27. The summed E-state index contributed by atoms with van der Waals surface area (Å²) >= 11 is 6.03. The smallest absolute Gasteiger partial charge is 0.227 e. The van der Waals surface area contributed by atoms with Gasteiger partial charge in [-0.3, -0.25) is 0 Å². The van der Waals surface area contributed by atoms with Crippen LogP contribution in [0.3, 0.4) is 0 Å². The van der Waals surface area contributed by atoms with Crippen molar-refractivity contribution in [3.05, 3.63) is 35.5 Å². The van der Waals surface area contributed by atoms with E-state index in [4.69, 9.17) is 17.3 Å². The minimum atomic E-state index is 0.506. The van der Waals surface area contributed by atoms with Crippen LogP contribution < -0.4 is 10.6 Å². The van der Waals surface area contributed by atoms with Crippen LogP contribution in [0.5, 0.6) is 0 Å². The Morgan fingerprint density at radius 3 is 2.52 bits per heavy atom. The van der Waals surface area contributed by atoms with Crippen LogP contribution in [0.2, 0.25) is 5.02 Å². The number of nitrogens with two attached hydrogens (primary N) is 1. The van der Waals surface area contributed by atoms with E-state index in [2.05, 4.69) is 14.9 Å². The molecule has 2 aromatic rings. The predicted molar refractivity (Wildman–Crippen MR) is 87.6 cm³/mol. The van der Waals surface area contributed by atoms with E-state index in [-0.39, 0.29) is 0 Å². The number of benzene rings is 1. The number of anilines is 2. The molecule has 3 rings (SSSR count). The molecule has 110 valence electrons. The summed E-state index contributed by atoms with van der Waals surface area (Å²) in [7, 11) is 0. The largest absolute Gasteiger partial charge is 0.383 e. The number of hydrogen-bond acceptors (Lipinski definition) is 4. The van der Waals surface area contributed by atoms with Gasteiger partial charge in [-0.15, -0.1) is 0 Å². The Kier molecular flexibility index (Phi) is 4.25. The Morgan fingerprint density at radius 1 is 1.10 bits per heavy atom. The van der Waals surface area contributed by atoms with Gasteiger partial charge < -0.3 is 10.6 Å². The molecule has 0 radical (unpaired) electrons. The monoisotopic (exact) mass is 302 g/mol. The molecule has 0 saturated carbocycles. The molecule has 4 nitrogen and oxygen atoms in total. The molecule has 0 amide bonds. The second kappa shape index (κ2) is 6.31. The first-order valence-electron chi connectivity index (χ1n) is 7.37. The van der Waals surface area contributed by atoms with Crippen LogP contribution >= 0.6 is 11.6 Å². The SMILES string of the molecule is Nc1nc(N2CCCCCC2)ncc1-c1cccc(Cl)c1. The maximum absolute atomic E-state index is 6.13. The summed E-state index contributed by atoms with van der Waals surface area (Å²) in [6.07, 6.45) is 6.76. The standard InChI is InChI=1S/C16H19ClN4/c17-13-7-5-6-12(10-13)14-11-19-16(20-15(14)18)21-8-3-1-2-4-9-21/h5-7,10-11H,1-4,8-9H2,(H2,18,19,20). The molecule has 2 heterocycles. The number of halogens is 1. The Labute approximate surface area is 130 Å². The van der Waals surface area contributed by atoms with Gasteiger partial charge in [-0.2, -0.15) is 4.98 Å². The van der Waals surface area contributed by atoms with E-state index in [1.807, 2.05) is 24.3 Å². The summed E-state index contributed by atoms with van der Waals surface area (Å²) in [5, 5.41) is 0.684. The summed E-state index contributed by atoms with van der Waals surface area (Å²) < 4.78 is 0. The van der Waals surface area contributed by atoms with E-state index in [1.165, 1.54) is 25.7 Å². The molecule has 5 heteroatoms. The van der Waals surface area contributed by atoms with Gasteiger partial charge in [0, 0.05) is 29.9 Å². The van der Waals surface area contributed by atoms with Gasteiger partial charge in [0.2, 0.25) is 5.95 Å². The normalized spacial score (nSPS) is 15.8. The van der Waals surface area contributed by atoms with Crippen molar-refractivity contribution in [3.8, 4) is 11.1 Å². The lowest BCUT2D eigenvalue weighted by Crippen LogP contribution is -2.26. The lowest BCUT2D eigenvalue weighted by atomic mass is 10.1. The number of rotatable bonds is 2. The fourth-order valence-corrected chi connectivity index (χ4v) is 2.88. The van der Waals surface area contributed by atoms with Crippen molar-refractivity contribution >= 4 is 23.4 Å². The van der Waals surface area contributed by atoms with Crippen molar-refractivity contribution in [2.45, 2.75) is 25.7 Å². The predicted octanol–water partition coefficient (Wildman–Crippen LogP) is 3.76. The third-order valence-corrected chi connectivity index (χ3v) is 4.07. The first-order chi connectivity index (χ1) is 10.2. The van der Waals surface area contributed by atoms with Gasteiger partial charge in [-0.05, 0) is 30.5 Å². The van der Waals surface area contributed by atoms with Crippen LogP contribution in [0.25, 0.3) is 11.1 Å². The molecular formula is C16H19ClN4. The first-order valence-corrected chi connectivity index (χ1v) is 7.75. The van der Waals surface area contributed by atoms with E-state index in [1.54, 1.807) is 6.20 Å². The van der Waals surface area contributed by atoms with Crippen LogP contribution in [-0.2, 0) is 0 Å². The zero-order valence-electron chi connectivity index (χ0n) is 11.9. The lowest BCUT2D eigenvalue weighted by Gasteiger charge is -2.20. The summed E-state index contributed by atoms with van der Waals surface area (Å²) in [6, 6.07) is 7.59. The van der Waals surface area contributed by atoms with Crippen molar-refractivity contribution in [3.63, 3.8) is 0 Å². The van der Waals surface area contributed by atoms with Crippen LogP contribution in [0.1, 0.15) is 25.7 Å². The lowest BCUT2D eigenvalue weighted by molar-refractivity contribution is 0.726. The van der Waals surface area contributed by atoms with E-state index >= 15 is 0 Å². The highest BCUT2D eigenvalue weighted by molar-refractivity contribution is 6.30. The molecule has 1 aromatic heterocycles. The van der Waals surface area contributed by atoms with Gasteiger partial charge in [0.15, 0.2) is 0 Å². The average molecular weight is 303 g/mol. The minimum Gasteiger partial charge on any atom is -0.383 e. The molecule has 1 saturated heterocycles. The first kappa shape index (κ1) is 14.1. The van der Waals surface area contributed by atoms with Gasteiger partial charge in [-0.1, -0.05) is 36.6 Å². The Bertz CT molecular complexity index is 621. The van der Waals surface area contributed by atoms with Crippen molar-refractivity contribution < 1.29 is 0 Å². The highest BCUT2D eigenvalue weighted by Gasteiger charge is 2.14. The maximum atomic E-state index is 6.13. The molecule has 0 spiro atoms. The maximum Gasteiger partial charge on any atom is 0.227 e. The summed E-state index contributed by atoms with van der Waals surface area (Å²) in [6.45, 7) is 2.02. The van der Waals surface area contributed by atoms with E-state index in [0.717, 1.165) is 30.2 Å². The summed E-state index contributed by atoms with van der Waals surface area (Å²) in [5.41, 5.74) is 7.90. The third-order valence-electron chi connectivity index (χ3n) is 3.83. The number of hydrogen-bond donors (Lipinski definition) is 1. The Balaban J connectivity index is 1.89. The highest BCUT2D eigenvalue weighted by atomic mass is 35.5. The molecule has 1 aromatic carbocycles. The molecule has 1 aliphatic rings. The van der Waals surface area contributed by atoms with E-state index in [0.29, 0.717) is 10.8 Å². The second-order valence-electron chi connectivity index (χ2n) is 5.38. The van der Waals surface area contributed by atoms with Crippen LogP contribution in [0, 0.1) is 0 Å². The molecule has 0 atom stereocenters. The molecule has 1 fully saturated rings. The van der Waals surface area contributed by atoms with Crippen molar-refractivity contribution in [1.29, 1.82) is 0 Å². The van der Waals surface area contributed by atoms with Crippen molar-refractivity contribution in [2.24, 2.45) is 0 Å². The van der Waals surface area contributed by atoms with Crippen LogP contribution in [0.4, 0.5) is 11.8 Å². The molecular weight excluding hydrogens is 284 g/mol. The van der Waals surface area contributed by atoms with Gasteiger partial charge >= 0.3 is 0 Å². The Morgan fingerprint density at radius 2 is 1.86 bits per heavy atom. The van der Waals surface area contributed by atoms with Crippen LogP contribution in [-0.4, -0.2) is 23.1 Å². The van der Waals surface area contributed by atoms with Gasteiger partial charge in [0.05, 0.1) is 0 Å². The molecule has 0 unspecified atom stereocenters. The number of nitrogens with zero attached hydrogens (tertiary/aromatic N) is 3. The van der Waals surface area contributed by atoms with Gasteiger partial charge in [-0.25, -0.2) is 4.98 Å². The van der Waals surface area contributed by atoms with Crippen molar-refractivity contribution in [2.75, 3.05) is 23.7 Å².